The normalized spacial score (nSPS) is 21.8. The molecular formula is C18H22N4O3. The molecule has 2 aliphatic heterocycles. The molecule has 1 unspecified atom stereocenters. The summed E-state index contributed by atoms with van der Waals surface area (Å²) in [5.74, 6) is 1.92. The van der Waals surface area contributed by atoms with Gasteiger partial charge in [0.25, 0.3) is 0 Å². The molecule has 2 saturated heterocycles. The van der Waals surface area contributed by atoms with E-state index in [0.29, 0.717) is 43.7 Å². The molecule has 0 radical (unpaired) electrons. The molecule has 25 heavy (non-hydrogen) atoms. The predicted octanol–water partition coefficient (Wildman–Crippen LogP) is 1.73. The minimum absolute atomic E-state index is 0.106. The number of nitrogens with one attached hydrogen (secondary N) is 1. The molecule has 7 heteroatoms. The van der Waals surface area contributed by atoms with E-state index in [1.165, 1.54) is 0 Å². The Morgan fingerprint density at radius 3 is 2.84 bits per heavy atom. The standard InChI is InChI=1S/C18H22N4O3/c23-16(9-15-3-1-8-24-15)22-12-18(13-22)5-4-14(11-25-18)10-21-17-19-6-2-7-20-17/h1-3,6-8,14H,4-5,9-13H2,(H,19,20,21). The molecule has 4 rings (SSSR count). The number of furan rings is 1. The number of hydrogen-bond acceptors (Lipinski definition) is 6. The van der Waals surface area contributed by atoms with Crippen LogP contribution in [0.5, 0.6) is 0 Å². The summed E-state index contributed by atoms with van der Waals surface area (Å²) >= 11 is 0. The van der Waals surface area contributed by atoms with E-state index in [1.54, 1.807) is 30.8 Å². The third-order valence-corrected chi connectivity index (χ3v) is 4.96. The zero-order valence-corrected chi connectivity index (χ0v) is 14.1. The molecule has 0 aromatic carbocycles. The number of nitrogens with zero attached hydrogens (tertiary/aromatic N) is 3. The fourth-order valence-corrected chi connectivity index (χ4v) is 3.45. The topological polar surface area (TPSA) is 80.5 Å². The van der Waals surface area contributed by atoms with Crippen LogP contribution in [-0.4, -0.2) is 52.6 Å². The first-order valence-electron chi connectivity index (χ1n) is 8.67. The zero-order chi connectivity index (χ0) is 17.1. The van der Waals surface area contributed by atoms with Crippen molar-refractivity contribution >= 4 is 11.9 Å². The van der Waals surface area contributed by atoms with Crippen LogP contribution in [0.2, 0.25) is 0 Å². The van der Waals surface area contributed by atoms with Gasteiger partial charge in [-0.1, -0.05) is 0 Å². The van der Waals surface area contributed by atoms with E-state index < -0.39 is 0 Å². The van der Waals surface area contributed by atoms with E-state index in [1.807, 2.05) is 11.0 Å². The summed E-state index contributed by atoms with van der Waals surface area (Å²) in [5.41, 5.74) is -0.140. The number of likely N-dealkylation sites (tertiary alicyclic amines) is 1. The first-order chi connectivity index (χ1) is 12.2. The van der Waals surface area contributed by atoms with Crippen LogP contribution in [0.15, 0.2) is 41.3 Å². The highest BCUT2D eigenvalue weighted by Gasteiger charge is 2.48. The third kappa shape index (κ3) is 3.66. The monoisotopic (exact) mass is 342 g/mol. The first-order valence-corrected chi connectivity index (χ1v) is 8.67. The molecule has 2 aromatic rings. The van der Waals surface area contributed by atoms with Crippen molar-refractivity contribution in [2.45, 2.75) is 24.9 Å². The van der Waals surface area contributed by atoms with Crippen LogP contribution in [0.1, 0.15) is 18.6 Å². The molecule has 2 fully saturated rings. The SMILES string of the molecule is O=C(Cc1ccco1)N1CC2(CCC(CNc3ncccn3)CO2)C1. The molecule has 0 aliphatic carbocycles. The van der Waals surface area contributed by atoms with Crippen LogP contribution < -0.4 is 5.32 Å². The smallest absolute Gasteiger partial charge is 0.230 e. The van der Waals surface area contributed by atoms with Crippen molar-refractivity contribution in [3.8, 4) is 0 Å². The van der Waals surface area contributed by atoms with E-state index in [0.717, 1.165) is 19.4 Å². The second-order valence-electron chi connectivity index (χ2n) is 6.86. The van der Waals surface area contributed by atoms with E-state index >= 15 is 0 Å². The maximum absolute atomic E-state index is 12.2. The van der Waals surface area contributed by atoms with Crippen LogP contribution in [-0.2, 0) is 16.0 Å². The molecule has 1 amide bonds. The molecule has 1 N–H and O–H groups in total. The lowest BCUT2D eigenvalue weighted by atomic mass is 9.82. The lowest BCUT2D eigenvalue weighted by Crippen LogP contribution is -2.66. The second kappa shape index (κ2) is 6.84. The minimum Gasteiger partial charge on any atom is -0.469 e. The Bertz CT molecular complexity index is 688. The lowest BCUT2D eigenvalue weighted by Gasteiger charge is -2.52. The summed E-state index contributed by atoms with van der Waals surface area (Å²) in [7, 11) is 0. The number of amides is 1. The maximum atomic E-state index is 12.2. The van der Waals surface area contributed by atoms with Gasteiger partial charge in [0.2, 0.25) is 11.9 Å². The Balaban J connectivity index is 1.20. The van der Waals surface area contributed by atoms with E-state index in [2.05, 4.69) is 15.3 Å². The quantitative estimate of drug-likeness (QED) is 0.891. The van der Waals surface area contributed by atoms with Gasteiger partial charge in [0, 0.05) is 18.9 Å². The fourth-order valence-electron chi connectivity index (χ4n) is 3.45. The first kappa shape index (κ1) is 16.1. The van der Waals surface area contributed by atoms with Crippen LogP contribution in [0.4, 0.5) is 5.95 Å². The highest BCUT2D eigenvalue weighted by atomic mass is 16.5. The molecule has 0 bridgehead atoms. The van der Waals surface area contributed by atoms with Crippen LogP contribution in [0, 0.1) is 5.92 Å². The van der Waals surface area contributed by atoms with Crippen molar-refractivity contribution in [2.75, 3.05) is 31.6 Å². The average molecular weight is 342 g/mol. The van der Waals surface area contributed by atoms with Crippen LogP contribution in [0.25, 0.3) is 0 Å². The molecule has 1 atom stereocenters. The van der Waals surface area contributed by atoms with Gasteiger partial charge < -0.3 is 19.4 Å². The van der Waals surface area contributed by atoms with Crippen molar-refractivity contribution in [1.82, 2.24) is 14.9 Å². The van der Waals surface area contributed by atoms with Gasteiger partial charge in [0.05, 0.1) is 32.4 Å². The molecule has 4 heterocycles. The molecular weight excluding hydrogens is 320 g/mol. The average Bonchev–Trinajstić information content (AvgIpc) is 3.12. The maximum Gasteiger partial charge on any atom is 0.230 e. The van der Waals surface area contributed by atoms with E-state index in [9.17, 15) is 4.79 Å². The lowest BCUT2D eigenvalue weighted by molar-refractivity contribution is -0.187. The molecule has 0 saturated carbocycles. The molecule has 7 nitrogen and oxygen atoms in total. The summed E-state index contributed by atoms with van der Waals surface area (Å²) in [6, 6.07) is 5.44. The Morgan fingerprint density at radius 2 is 2.16 bits per heavy atom. The van der Waals surface area contributed by atoms with Crippen LogP contribution >= 0.6 is 0 Å². The number of rotatable bonds is 5. The number of hydrogen-bond donors (Lipinski definition) is 1. The number of aromatic nitrogens is 2. The summed E-state index contributed by atoms with van der Waals surface area (Å²) in [5, 5.41) is 3.25. The summed E-state index contributed by atoms with van der Waals surface area (Å²) < 4.78 is 11.4. The summed E-state index contributed by atoms with van der Waals surface area (Å²) in [6.07, 6.45) is 7.44. The van der Waals surface area contributed by atoms with Crippen molar-refractivity contribution in [2.24, 2.45) is 5.92 Å². The largest absolute Gasteiger partial charge is 0.469 e. The fraction of sp³-hybridized carbons (Fsp3) is 0.500. The molecule has 2 aliphatic rings. The van der Waals surface area contributed by atoms with Gasteiger partial charge in [-0.15, -0.1) is 0 Å². The molecule has 132 valence electrons. The van der Waals surface area contributed by atoms with E-state index in [4.69, 9.17) is 9.15 Å². The third-order valence-electron chi connectivity index (χ3n) is 4.96. The zero-order valence-electron chi connectivity index (χ0n) is 14.1. The Kier molecular flexibility index (Phi) is 4.40. The van der Waals surface area contributed by atoms with Gasteiger partial charge in [0.15, 0.2) is 0 Å². The predicted molar refractivity (Wildman–Crippen MR) is 90.9 cm³/mol. The Labute approximate surface area is 146 Å². The number of ether oxygens (including phenoxy) is 1. The number of carbonyl (C=O) groups excluding carboxylic acids is 1. The highest BCUT2D eigenvalue weighted by molar-refractivity contribution is 5.79. The van der Waals surface area contributed by atoms with Gasteiger partial charge >= 0.3 is 0 Å². The molecule has 2 aromatic heterocycles. The molecule has 1 spiro atoms. The van der Waals surface area contributed by atoms with Gasteiger partial charge in [0.1, 0.15) is 11.4 Å². The van der Waals surface area contributed by atoms with Crippen molar-refractivity contribution in [3.05, 3.63) is 42.6 Å². The summed E-state index contributed by atoms with van der Waals surface area (Å²) in [6.45, 7) is 2.89. The minimum atomic E-state index is -0.140. The van der Waals surface area contributed by atoms with Crippen molar-refractivity contribution in [1.29, 1.82) is 0 Å². The second-order valence-corrected chi connectivity index (χ2v) is 6.86. The summed E-state index contributed by atoms with van der Waals surface area (Å²) in [4.78, 5) is 22.4. The number of anilines is 1. The Morgan fingerprint density at radius 1 is 1.32 bits per heavy atom. The number of carbonyl (C=O) groups is 1. The van der Waals surface area contributed by atoms with Gasteiger partial charge in [-0.2, -0.15) is 0 Å². The van der Waals surface area contributed by atoms with Crippen LogP contribution in [0.3, 0.4) is 0 Å². The Hall–Kier alpha value is -2.41. The van der Waals surface area contributed by atoms with Crippen molar-refractivity contribution in [3.63, 3.8) is 0 Å². The van der Waals surface area contributed by atoms with Crippen molar-refractivity contribution < 1.29 is 13.9 Å². The van der Waals surface area contributed by atoms with E-state index in [-0.39, 0.29) is 11.5 Å². The van der Waals surface area contributed by atoms with Gasteiger partial charge in [-0.05, 0) is 37.0 Å². The van der Waals surface area contributed by atoms with Gasteiger partial charge in [-0.25, -0.2) is 9.97 Å². The van der Waals surface area contributed by atoms with Gasteiger partial charge in [-0.3, -0.25) is 4.79 Å². The highest BCUT2D eigenvalue weighted by Crippen LogP contribution is 2.36.